The molecule has 2 aromatic rings. The number of carbonyl (C=O) groups is 1. The Morgan fingerprint density at radius 1 is 1.50 bits per heavy atom. The van der Waals surface area contributed by atoms with Gasteiger partial charge in [-0.3, -0.25) is 9.48 Å². The third-order valence-electron chi connectivity index (χ3n) is 2.62. The zero-order valence-corrected chi connectivity index (χ0v) is 11.8. The molecule has 0 spiro atoms. The second-order valence-corrected chi connectivity index (χ2v) is 4.79. The molecule has 0 aliphatic rings. The summed E-state index contributed by atoms with van der Waals surface area (Å²) in [5, 5.41) is 4.16. The summed E-state index contributed by atoms with van der Waals surface area (Å²) in [5.41, 5.74) is 1.67. The van der Waals surface area contributed by atoms with Gasteiger partial charge in [0.1, 0.15) is 5.75 Å². The van der Waals surface area contributed by atoms with Gasteiger partial charge in [0.2, 0.25) is 0 Å². The molecule has 0 fully saturated rings. The second-order valence-electron chi connectivity index (χ2n) is 3.94. The fourth-order valence-electron chi connectivity index (χ4n) is 1.61. The van der Waals surface area contributed by atoms with Crippen LogP contribution in [0.5, 0.6) is 5.75 Å². The molecule has 0 saturated carbocycles. The average Bonchev–Trinajstić information content (AvgIpc) is 2.81. The van der Waals surface area contributed by atoms with Gasteiger partial charge in [-0.25, -0.2) is 0 Å². The second kappa shape index (κ2) is 5.35. The van der Waals surface area contributed by atoms with E-state index in [0.717, 1.165) is 15.8 Å². The van der Waals surface area contributed by atoms with Crippen molar-refractivity contribution in [2.45, 2.75) is 13.5 Å². The van der Waals surface area contributed by atoms with E-state index < -0.39 is 0 Å². The Morgan fingerprint density at radius 3 is 2.89 bits per heavy atom. The van der Waals surface area contributed by atoms with Gasteiger partial charge in [-0.15, -0.1) is 0 Å². The Bertz CT molecular complexity index is 578. The first-order valence-electron chi connectivity index (χ1n) is 5.46. The van der Waals surface area contributed by atoms with E-state index in [9.17, 15) is 4.79 Å². The number of benzene rings is 1. The third kappa shape index (κ3) is 2.79. The molecule has 0 aliphatic carbocycles. The number of hydrogen-bond acceptors (Lipinski definition) is 3. The van der Waals surface area contributed by atoms with Crippen molar-refractivity contribution in [3.05, 3.63) is 46.2 Å². The molecular weight excluding hydrogens is 296 g/mol. The van der Waals surface area contributed by atoms with Crippen molar-refractivity contribution in [1.29, 1.82) is 0 Å². The van der Waals surface area contributed by atoms with Gasteiger partial charge in [0, 0.05) is 10.7 Å². The Balaban J connectivity index is 2.24. The number of ketones is 1. The smallest absolute Gasteiger partial charge is 0.162 e. The standard InChI is InChI=1S/C13H13BrN2O2/c1-9(17)11-6-15-16(8-11)7-10-5-12(18-2)3-4-13(10)14/h3-6,8H,7H2,1-2H3. The molecular formula is C13H13BrN2O2. The van der Waals surface area contributed by atoms with Gasteiger partial charge >= 0.3 is 0 Å². The molecule has 18 heavy (non-hydrogen) atoms. The molecule has 1 heterocycles. The van der Waals surface area contributed by atoms with Crippen molar-refractivity contribution < 1.29 is 9.53 Å². The summed E-state index contributed by atoms with van der Waals surface area (Å²) in [6, 6.07) is 5.76. The number of rotatable bonds is 4. The predicted octanol–water partition coefficient (Wildman–Crippen LogP) is 2.91. The fourth-order valence-corrected chi connectivity index (χ4v) is 1.98. The number of methoxy groups -OCH3 is 1. The number of Topliss-reactive ketones (excluding diaryl/α,β-unsaturated/α-hetero) is 1. The van der Waals surface area contributed by atoms with E-state index in [4.69, 9.17) is 4.74 Å². The molecule has 5 heteroatoms. The van der Waals surface area contributed by atoms with Crippen LogP contribution in [-0.4, -0.2) is 22.7 Å². The van der Waals surface area contributed by atoms with Crippen molar-refractivity contribution in [3.63, 3.8) is 0 Å². The van der Waals surface area contributed by atoms with Crippen LogP contribution in [0.15, 0.2) is 35.1 Å². The Labute approximate surface area is 114 Å². The number of ether oxygens (including phenoxy) is 1. The summed E-state index contributed by atoms with van der Waals surface area (Å²) in [7, 11) is 1.63. The lowest BCUT2D eigenvalue weighted by molar-refractivity contribution is 0.101. The lowest BCUT2D eigenvalue weighted by Crippen LogP contribution is -2.01. The van der Waals surface area contributed by atoms with Crippen LogP contribution in [0.25, 0.3) is 0 Å². The van der Waals surface area contributed by atoms with Crippen LogP contribution in [0.1, 0.15) is 22.8 Å². The summed E-state index contributed by atoms with van der Waals surface area (Å²) in [5.74, 6) is 0.818. The van der Waals surface area contributed by atoms with Crippen molar-refractivity contribution in [3.8, 4) is 5.75 Å². The highest BCUT2D eigenvalue weighted by atomic mass is 79.9. The van der Waals surface area contributed by atoms with Gasteiger partial charge < -0.3 is 4.74 Å². The number of carbonyl (C=O) groups excluding carboxylic acids is 1. The predicted molar refractivity (Wildman–Crippen MR) is 72.0 cm³/mol. The van der Waals surface area contributed by atoms with E-state index >= 15 is 0 Å². The van der Waals surface area contributed by atoms with Crippen LogP contribution >= 0.6 is 15.9 Å². The summed E-state index contributed by atoms with van der Waals surface area (Å²) >= 11 is 3.49. The van der Waals surface area contributed by atoms with E-state index in [2.05, 4.69) is 21.0 Å². The van der Waals surface area contributed by atoms with Crippen LogP contribution in [0.4, 0.5) is 0 Å². The third-order valence-corrected chi connectivity index (χ3v) is 3.40. The average molecular weight is 309 g/mol. The summed E-state index contributed by atoms with van der Waals surface area (Å²) in [4.78, 5) is 11.2. The Morgan fingerprint density at radius 2 is 2.28 bits per heavy atom. The first-order chi connectivity index (χ1) is 8.60. The number of aromatic nitrogens is 2. The Hall–Kier alpha value is -1.62. The minimum atomic E-state index is 0.0194. The molecule has 94 valence electrons. The molecule has 0 N–H and O–H groups in total. The monoisotopic (exact) mass is 308 g/mol. The van der Waals surface area contributed by atoms with Gasteiger partial charge in [0.05, 0.1) is 25.4 Å². The summed E-state index contributed by atoms with van der Waals surface area (Å²) in [6.07, 6.45) is 3.32. The maximum atomic E-state index is 11.2. The van der Waals surface area contributed by atoms with Gasteiger partial charge in [-0.2, -0.15) is 5.10 Å². The highest BCUT2D eigenvalue weighted by molar-refractivity contribution is 9.10. The largest absolute Gasteiger partial charge is 0.497 e. The summed E-state index contributed by atoms with van der Waals surface area (Å²) < 4.78 is 7.91. The molecule has 1 aromatic carbocycles. The maximum absolute atomic E-state index is 11.2. The number of hydrogen-bond donors (Lipinski definition) is 0. The lowest BCUT2D eigenvalue weighted by Gasteiger charge is -2.07. The fraction of sp³-hybridized carbons (Fsp3) is 0.231. The molecule has 1 aromatic heterocycles. The van der Waals surface area contributed by atoms with Crippen molar-refractivity contribution >= 4 is 21.7 Å². The van der Waals surface area contributed by atoms with Gasteiger partial charge in [-0.05, 0) is 30.7 Å². The van der Waals surface area contributed by atoms with Crippen LogP contribution in [0.3, 0.4) is 0 Å². The molecule has 0 unspecified atom stereocenters. The summed E-state index contributed by atoms with van der Waals surface area (Å²) in [6.45, 7) is 2.12. The van der Waals surface area contributed by atoms with Gasteiger partial charge in [0.15, 0.2) is 5.78 Å². The van der Waals surface area contributed by atoms with Crippen molar-refractivity contribution in [2.75, 3.05) is 7.11 Å². The Kier molecular flexibility index (Phi) is 3.81. The van der Waals surface area contributed by atoms with E-state index in [1.165, 1.54) is 6.92 Å². The maximum Gasteiger partial charge on any atom is 0.162 e. The zero-order chi connectivity index (χ0) is 13.1. The van der Waals surface area contributed by atoms with E-state index in [1.807, 2.05) is 18.2 Å². The number of halogens is 1. The zero-order valence-electron chi connectivity index (χ0n) is 10.2. The van der Waals surface area contributed by atoms with Crippen LogP contribution in [0.2, 0.25) is 0 Å². The molecule has 0 amide bonds. The molecule has 0 aliphatic heterocycles. The highest BCUT2D eigenvalue weighted by Crippen LogP contribution is 2.23. The van der Waals surface area contributed by atoms with Crippen LogP contribution < -0.4 is 4.74 Å². The minimum absolute atomic E-state index is 0.0194. The number of nitrogens with zero attached hydrogens (tertiary/aromatic N) is 2. The van der Waals surface area contributed by atoms with E-state index in [0.29, 0.717) is 12.1 Å². The molecule has 4 nitrogen and oxygen atoms in total. The molecule has 0 radical (unpaired) electrons. The van der Waals surface area contributed by atoms with E-state index in [-0.39, 0.29) is 5.78 Å². The SMILES string of the molecule is COc1ccc(Br)c(Cn2cc(C(C)=O)cn2)c1. The molecule has 0 atom stereocenters. The first-order valence-corrected chi connectivity index (χ1v) is 6.25. The minimum Gasteiger partial charge on any atom is -0.497 e. The van der Waals surface area contributed by atoms with E-state index in [1.54, 1.807) is 24.2 Å². The van der Waals surface area contributed by atoms with Crippen LogP contribution in [0, 0.1) is 0 Å². The topological polar surface area (TPSA) is 44.1 Å². The van der Waals surface area contributed by atoms with Crippen molar-refractivity contribution in [1.82, 2.24) is 9.78 Å². The first kappa shape index (κ1) is 12.8. The normalized spacial score (nSPS) is 10.4. The van der Waals surface area contributed by atoms with Crippen molar-refractivity contribution in [2.24, 2.45) is 0 Å². The van der Waals surface area contributed by atoms with Crippen LogP contribution in [-0.2, 0) is 6.54 Å². The lowest BCUT2D eigenvalue weighted by atomic mass is 10.2. The molecule has 0 bridgehead atoms. The molecule has 2 rings (SSSR count). The van der Waals surface area contributed by atoms with Gasteiger partial charge in [-0.1, -0.05) is 15.9 Å². The highest BCUT2D eigenvalue weighted by Gasteiger charge is 2.06. The van der Waals surface area contributed by atoms with Gasteiger partial charge in [0.25, 0.3) is 0 Å². The molecule has 0 saturated heterocycles. The quantitative estimate of drug-likeness (QED) is 0.816.